The lowest BCUT2D eigenvalue weighted by molar-refractivity contribution is 0.328. The van der Waals surface area contributed by atoms with E-state index in [1.807, 2.05) is 10.9 Å². The molecule has 0 unspecified atom stereocenters. The van der Waals surface area contributed by atoms with Gasteiger partial charge < -0.3 is 4.74 Å². The minimum atomic E-state index is -0.259. The molecule has 0 atom stereocenters. The molecule has 3 nitrogen and oxygen atoms in total. The number of halogens is 1. The Labute approximate surface area is 112 Å². The van der Waals surface area contributed by atoms with Crippen molar-refractivity contribution >= 4 is 0 Å². The molecule has 3 rings (SSSR count). The third-order valence-corrected chi connectivity index (χ3v) is 3.58. The monoisotopic (exact) mass is 260 g/mol. The van der Waals surface area contributed by atoms with Crippen LogP contribution in [0.2, 0.25) is 0 Å². The first-order chi connectivity index (χ1) is 9.31. The second-order valence-corrected chi connectivity index (χ2v) is 5.00. The molecule has 4 heteroatoms. The maximum atomic E-state index is 12.8. The Morgan fingerprint density at radius 2 is 1.79 bits per heavy atom. The molecular formula is C15H17FN2O. The van der Waals surface area contributed by atoms with Crippen molar-refractivity contribution in [1.82, 2.24) is 9.78 Å². The molecule has 1 saturated carbocycles. The quantitative estimate of drug-likeness (QED) is 0.821. The van der Waals surface area contributed by atoms with Crippen LogP contribution in [-0.2, 0) is 0 Å². The van der Waals surface area contributed by atoms with Crippen LogP contribution in [0.25, 0.3) is 0 Å². The van der Waals surface area contributed by atoms with Crippen LogP contribution >= 0.6 is 0 Å². The number of aromatic nitrogens is 2. The van der Waals surface area contributed by atoms with E-state index in [0.717, 1.165) is 0 Å². The maximum absolute atomic E-state index is 12.8. The van der Waals surface area contributed by atoms with Gasteiger partial charge in [0.1, 0.15) is 11.6 Å². The first-order valence-electron chi connectivity index (χ1n) is 6.79. The van der Waals surface area contributed by atoms with Gasteiger partial charge in [0, 0.05) is 0 Å². The molecule has 1 aromatic heterocycles. The second-order valence-electron chi connectivity index (χ2n) is 5.00. The van der Waals surface area contributed by atoms with Crippen molar-refractivity contribution in [2.24, 2.45) is 0 Å². The highest BCUT2D eigenvalue weighted by molar-refractivity contribution is 5.28. The molecule has 1 aliphatic rings. The lowest BCUT2D eigenvalue weighted by atomic mass is 9.96. The summed E-state index contributed by atoms with van der Waals surface area (Å²) in [6, 6.07) is 6.52. The average Bonchev–Trinajstić information content (AvgIpc) is 2.91. The van der Waals surface area contributed by atoms with Gasteiger partial charge in [-0.3, -0.25) is 4.68 Å². The molecule has 0 radical (unpaired) electrons. The van der Waals surface area contributed by atoms with E-state index in [0.29, 0.717) is 17.5 Å². The van der Waals surface area contributed by atoms with Crippen molar-refractivity contribution < 1.29 is 9.13 Å². The Hall–Kier alpha value is -1.84. The molecule has 1 heterocycles. The molecule has 0 aliphatic heterocycles. The minimum absolute atomic E-state index is 0.259. The zero-order chi connectivity index (χ0) is 13.1. The first-order valence-corrected chi connectivity index (χ1v) is 6.79. The average molecular weight is 260 g/mol. The summed E-state index contributed by atoms with van der Waals surface area (Å²) in [5.74, 6) is 1.08. The fourth-order valence-electron chi connectivity index (χ4n) is 2.56. The summed E-state index contributed by atoms with van der Waals surface area (Å²) >= 11 is 0. The van der Waals surface area contributed by atoms with Gasteiger partial charge in [0.2, 0.25) is 0 Å². The zero-order valence-corrected chi connectivity index (χ0v) is 10.8. The van der Waals surface area contributed by atoms with Gasteiger partial charge in [-0.15, -0.1) is 0 Å². The Kier molecular flexibility index (Phi) is 3.49. The molecule has 0 amide bonds. The molecule has 1 aliphatic carbocycles. The maximum Gasteiger partial charge on any atom is 0.165 e. The van der Waals surface area contributed by atoms with E-state index in [9.17, 15) is 4.39 Å². The van der Waals surface area contributed by atoms with E-state index in [-0.39, 0.29) is 5.82 Å². The van der Waals surface area contributed by atoms with Gasteiger partial charge in [-0.1, -0.05) is 19.3 Å². The van der Waals surface area contributed by atoms with Crippen molar-refractivity contribution in [3.8, 4) is 11.5 Å². The van der Waals surface area contributed by atoms with Crippen LogP contribution in [0.1, 0.15) is 38.1 Å². The topological polar surface area (TPSA) is 27.1 Å². The van der Waals surface area contributed by atoms with Gasteiger partial charge in [-0.25, -0.2) is 4.39 Å². The van der Waals surface area contributed by atoms with Crippen LogP contribution in [0.15, 0.2) is 36.7 Å². The van der Waals surface area contributed by atoms with Gasteiger partial charge >= 0.3 is 0 Å². The molecule has 1 aromatic carbocycles. The fourth-order valence-corrected chi connectivity index (χ4v) is 2.56. The summed E-state index contributed by atoms with van der Waals surface area (Å²) in [5, 5.41) is 4.37. The van der Waals surface area contributed by atoms with Gasteiger partial charge in [-0.2, -0.15) is 5.10 Å². The third-order valence-electron chi connectivity index (χ3n) is 3.58. The second kappa shape index (κ2) is 5.43. The molecule has 1 fully saturated rings. The number of benzene rings is 1. The Morgan fingerprint density at radius 3 is 2.53 bits per heavy atom. The van der Waals surface area contributed by atoms with Gasteiger partial charge in [0.05, 0.1) is 18.4 Å². The normalized spacial score (nSPS) is 16.5. The number of rotatable bonds is 3. The van der Waals surface area contributed by atoms with E-state index in [1.54, 1.807) is 18.3 Å². The summed E-state index contributed by atoms with van der Waals surface area (Å²) in [6.45, 7) is 0. The van der Waals surface area contributed by atoms with Crippen LogP contribution in [0.4, 0.5) is 4.39 Å². The third kappa shape index (κ3) is 2.95. The van der Waals surface area contributed by atoms with Gasteiger partial charge in [0.25, 0.3) is 0 Å². The van der Waals surface area contributed by atoms with Gasteiger partial charge in [-0.05, 0) is 37.1 Å². The Balaban J connectivity index is 1.68. The van der Waals surface area contributed by atoms with Crippen molar-refractivity contribution in [1.29, 1.82) is 0 Å². The molecule has 100 valence electrons. The summed E-state index contributed by atoms with van der Waals surface area (Å²) in [4.78, 5) is 0. The lowest BCUT2D eigenvalue weighted by Crippen LogP contribution is -2.12. The van der Waals surface area contributed by atoms with E-state index < -0.39 is 0 Å². The summed E-state index contributed by atoms with van der Waals surface area (Å²) in [6.07, 6.45) is 9.92. The molecule has 0 spiro atoms. The fraction of sp³-hybridized carbons (Fsp3) is 0.400. The number of nitrogens with zero attached hydrogens (tertiary/aromatic N) is 2. The van der Waals surface area contributed by atoms with Crippen molar-refractivity contribution in [3.05, 3.63) is 42.5 Å². The number of hydrogen-bond donors (Lipinski definition) is 0. The largest absolute Gasteiger partial charge is 0.454 e. The molecule has 19 heavy (non-hydrogen) atoms. The van der Waals surface area contributed by atoms with E-state index in [4.69, 9.17) is 4.74 Å². The highest BCUT2D eigenvalue weighted by Gasteiger charge is 2.16. The zero-order valence-electron chi connectivity index (χ0n) is 10.8. The van der Waals surface area contributed by atoms with Crippen LogP contribution in [-0.4, -0.2) is 9.78 Å². The molecule has 2 aromatic rings. The lowest BCUT2D eigenvalue weighted by Gasteiger charge is -2.21. The van der Waals surface area contributed by atoms with Crippen LogP contribution < -0.4 is 4.74 Å². The summed E-state index contributed by atoms with van der Waals surface area (Å²) in [5.41, 5.74) is 0. The molecule has 0 saturated heterocycles. The van der Waals surface area contributed by atoms with E-state index in [1.165, 1.54) is 44.2 Å². The molecular weight excluding hydrogens is 243 g/mol. The van der Waals surface area contributed by atoms with Crippen molar-refractivity contribution in [2.45, 2.75) is 38.1 Å². The van der Waals surface area contributed by atoms with Crippen LogP contribution in [0, 0.1) is 5.82 Å². The van der Waals surface area contributed by atoms with Crippen LogP contribution in [0.3, 0.4) is 0 Å². The van der Waals surface area contributed by atoms with Crippen molar-refractivity contribution in [2.75, 3.05) is 0 Å². The summed E-state index contributed by atoms with van der Waals surface area (Å²) in [7, 11) is 0. The Bertz CT molecular complexity index is 529. The minimum Gasteiger partial charge on any atom is -0.454 e. The highest BCUT2D eigenvalue weighted by Crippen LogP contribution is 2.29. The SMILES string of the molecule is Fc1ccc(Oc2cnn(C3CCCCC3)c2)cc1. The van der Waals surface area contributed by atoms with E-state index >= 15 is 0 Å². The Morgan fingerprint density at radius 1 is 1.05 bits per heavy atom. The predicted octanol–water partition coefficient (Wildman–Crippen LogP) is 4.32. The highest BCUT2D eigenvalue weighted by atomic mass is 19.1. The summed E-state index contributed by atoms with van der Waals surface area (Å²) < 4.78 is 20.5. The molecule has 0 bridgehead atoms. The molecule has 0 N–H and O–H groups in total. The number of ether oxygens (including phenoxy) is 1. The van der Waals surface area contributed by atoms with Crippen LogP contribution in [0.5, 0.6) is 11.5 Å². The first kappa shape index (κ1) is 12.2. The van der Waals surface area contributed by atoms with Crippen molar-refractivity contribution in [3.63, 3.8) is 0 Å². The smallest absolute Gasteiger partial charge is 0.165 e. The van der Waals surface area contributed by atoms with Gasteiger partial charge in [0.15, 0.2) is 5.75 Å². The van der Waals surface area contributed by atoms with E-state index in [2.05, 4.69) is 5.10 Å². The predicted molar refractivity (Wildman–Crippen MR) is 70.8 cm³/mol. The number of hydrogen-bond acceptors (Lipinski definition) is 2. The standard InChI is InChI=1S/C15H17FN2O/c16-12-6-8-14(9-7-12)19-15-10-17-18(11-15)13-4-2-1-3-5-13/h6-11,13H,1-5H2.